The third-order valence-corrected chi connectivity index (χ3v) is 3.75. The summed E-state index contributed by atoms with van der Waals surface area (Å²) < 4.78 is 7.09. The van der Waals surface area contributed by atoms with Gasteiger partial charge < -0.3 is 14.6 Å². The van der Waals surface area contributed by atoms with Crippen LogP contribution in [0, 0.1) is 0 Å². The molecule has 5 nitrogen and oxygen atoms in total. The van der Waals surface area contributed by atoms with E-state index in [4.69, 9.17) is 4.74 Å². The number of nitrogens with one attached hydrogen (secondary N) is 1. The fraction of sp³-hybridized carbons (Fsp3) is 0.333. The lowest BCUT2D eigenvalue weighted by Crippen LogP contribution is -2.26. The number of hydrogen-bond acceptors (Lipinski definition) is 4. The van der Waals surface area contributed by atoms with Crippen LogP contribution in [0.5, 0.6) is 5.88 Å². The Balaban J connectivity index is 2.15. The summed E-state index contributed by atoms with van der Waals surface area (Å²) in [5, 5.41) is 2.90. The Kier molecular flexibility index (Phi) is 5.68. The summed E-state index contributed by atoms with van der Waals surface area (Å²) >= 11 is 1.73. The molecule has 0 bridgehead atoms. The van der Waals surface area contributed by atoms with Crippen LogP contribution in [-0.4, -0.2) is 34.6 Å². The fourth-order valence-electron chi connectivity index (χ4n) is 2.07. The molecule has 21 heavy (non-hydrogen) atoms. The molecule has 0 radical (unpaired) electrons. The van der Waals surface area contributed by atoms with Crippen LogP contribution in [0.25, 0.3) is 0 Å². The molecule has 0 spiro atoms. The predicted octanol–water partition coefficient (Wildman–Crippen LogP) is 2.82. The Bertz CT molecular complexity index is 572. The van der Waals surface area contributed by atoms with E-state index in [2.05, 4.69) is 10.3 Å². The minimum Gasteiger partial charge on any atom is -0.480 e. The molecule has 0 unspecified atom stereocenters. The minimum atomic E-state index is -0.239. The molecule has 0 aromatic carbocycles. The number of anilines is 1. The maximum Gasteiger partial charge on any atom is 0.247 e. The van der Waals surface area contributed by atoms with Gasteiger partial charge in [-0.25, -0.2) is 4.98 Å². The van der Waals surface area contributed by atoms with Crippen LogP contribution in [0.4, 0.5) is 5.69 Å². The number of nitrogens with zero attached hydrogens (tertiary/aromatic N) is 2. The van der Waals surface area contributed by atoms with Crippen molar-refractivity contribution in [1.82, 2.24) is 9.55 Å². The van der Waals surface area contributed by atoms with Crippen molar-refractivity contribution >= 4 is 23.4 Å². The summed E-state index contributed by atoms with van der Waals surface area (Å²) in [4.78, 5) is 16.6. The van der Waals surface area contributed by atoms with Crippen LogP contribution >= 0.6 is 11.8 Å². The van der Waals surface area contributed by atoms with Gasteiger partial charge in [-0.1, -0.05) is 0 Å². The van der Waals surface area contributed by atoms with Gasteiger partial charge >= 0.3 is 0 Å². The van der Waals surface area contributed by atoms with E-state index in [1.165, 1.54) is 7.11 Å². The number of rotatable bonds is 7. The quantitative estimate of drug-likeness (QED) is 0.854. The molecule has 1 atom stereocenters. The predicted molar refractivity (Wildman–Crippen MR) is 85.9 cm³/mol. The second-order valence-electron chi connectivity index (χ2n) is 4.48. The monoisotopic (exact) mass is 305 g/mol. The van der Waals surface area contributed by atoms with Gasteiger partial charge in [-0.05, 0) is 42.7 Å². The fourth-order valence-corrected chi connectivity index (χ4v) is 2.52. The first kappa shape index (κ1) is 15.4. The SMILES string of the molecule is COc1ncccc1NC(=O)[C@@H](CCSC)n1cccc1. The normalized spacial score (nSPS) is 11.9. The first-order valence-electron chi connectivity index (χ1n) is 6.67. The number of pyridine rings is 1. The zero-order chi connectivity index (χ0) is 15.1. The van der Waals surface area contributed by atoms with Crippen molar-refractivity contribution in [3.8, 4) is 5.88 Å². The Morgan fingerprint density at radius 2 is 2.19 bits per heavy atom. The molecule has 2 rings (SSSR count). The molecule has 0 saturated heterocycles. The van der Waals surface area contributed by atoms with Crippen molar-refractivity contribution in [2.24, 2.45) is 0 Å². The lowest BCUT2D eigenvalue weighted by molar-refractivity contribution is -0.119. The number of aromatic nitrogens is 2. The molecular weight excluding hydrogens is 286 g/mol. The van der Waals surface area contributed by atoms with E-state index in [0.29, 0.717) is 11.6 Å². The summed E-state index contributed by atoms with van der Waals surface area (Å²) in [6.07, 6.45) is 8.25. The summed E-state index contributed by atoms with van der Waals surface area (Å²) in [6, 6.07) is 7.15. The molecule has 0 aliphatic rings. The summed E-state index contributed by atoms with van der Waals surface area (Å²) in [5.74, 6) is 1.27. The minimum absolute atomic E-state index is 0.0634. The highest BCUT2D eigenvalue weighted by Gasteiger charge is 2.20. The molecule has 1 N–H and O–H groups in total. The van der Waals surface area contributed by atoms with Gasteiger partial charge in [0.25, 0.3) is 0 Å². The van der Waals surface area contributed by atoms with Crippen molar-refractivity contribution in [2.45, 2.75) is 12.5 Å². The summed E-state index contributed by atoms with van der Waals surface area (Å²) in [5.41, 5.74) is 0.589. The Hall–Kier alpha value is -1.95. The zero-order valence-electron chi connectivity index (χ0n) is 12.2. The van der Waals surface area contributed by atoms with Crippen LogP contribution in [0.1, 0.15) is 12.5 Å². The highest BCUT2D eigenvalue weighted by Crippen LogP contribution is 2.23. The van der Waals surface area contributed by atoms with Crippen LogP contribution in [-0.2, 0) is 4.79 Å². The number of amides is 1. The van der Waals surface area contributed by atoms with Gasteiger partial charge in [-0.2, -0.15) is 11.8 Å². The smallest absolute Gasteiger partial charge is 0.247 e. The van der Waals surface area contributed by atoms with Crippen LogP contribution < -0.4 is 10.1 Å². The van der Waals surface area contributed by atoms with Crippen molar-refractivity contribution in [3.63, 3.8) is 0 Å². The Morgan fingerprint density at radius 3 is 2.86 bits per heavy atom. The zero-order valence-corrected chi connectivity index (χ0v) is 13.0. The third kappa shape index (κ3) is 4.01. The summed E-state index contributed by atoms with van der Waals surface area (Å²) in [6.45, 7) is 0. The van der Waals surface area contributed by atoms with Gasteiger partial charge in [-0.15, -0.1) is 0 Å². The molecule has 112 valence electrons. The van der Waals surface area contributed by atoms with Crippen molar-refractivity contribution < 1.29 is 9.53 Å². The number of thioether (sulfide) groups is 1. The van der Waals surface area contributed by atoms with Gasteiger partial charge in [0, 0.05) is 18.6 Å². The van der Waals surface area contributed by atoms with Gasteiger partial charge in [0.1, 0.15) is 11.7 Å². The van der Waals surface area contributed by atoms with E-state index in [1.807, 2.05) is 35.3 Å². The van der Waals surface area contributed by atoms with Crippen molar-refractivity contribution in [2.75, 3.05) is 24.4 Å². The molecule has 2 heterocycles. The lowest BCUT2D eigenvalue weighted by atomic mass is 10.2. The highest BCUT2D eigenvalue weighted by molar-refractivity contribution is 7.98. The molecular formula is C15H19N3O2S. The van der Waals surface area contributed by atoms with E-state index < -0.39 is 0 Å². The van der Waals surface area contributed by atoms with E-state index in [9.17, 15) is 4.79 Å². The van der Waals surface area contributed by atoms with Gasteiger partial charge in [0.05, 0.1) is 7.11 Å². The molecule has 2 aromatic heterocycles. The number of carbonyl (C=O) groups is 1. The molecule has 0 aliphatic heterocycles. The third-order valence-electron chi connectivity index (χ3n) is 3.11. The average molecular weight is 305 g/mol. The van der Waals surface area contributed by atoms with E-state index in [-0.39, 0.29) is 11.9 Å². The molecule has 6 heteroatoms. The highest BCUT2D eigenvalue weighted by atomic mass is 32.2. The first-order valence-corrected chi connectivity index (χ1v) is 8.07. The lowest BCUT2D eigenvalue weighted by Gasteiger charge is -2.19. The molecule has 0 saturated carbocycles. The maximum absolute atomic E-state index is 12.6. The average Bonchev–Trinajstić information content (AvgIpc) is 3.02. The second kappa shape index (κ2) is 7.73. The van der Waals surface area contributed by atoms with Gasteiger partial charge in [0.15, 0.2) is 0 Å². The topological polar surface area (TPSA) is 56.1 Å². The number of hydrogen-bond donors (Lipinski definition) is 1. The summed E-state index contributed by atoms with van der Waals surface area (Å²) in [7, 11) is 1.54. The van der Waals surface area contributed by atoms with E-state index >= 15 is 0 Å². The molecule has 0 aliphatic carbocycles. The Morgan fingerprint density at radius 1 is 1.43 bits per heavy atom. The standard InChI is InChI=1S/C15H19N3O2S/c1-20-15-12(6-5-8-16-15)17-14(19)13(7-11-21-2)18-9-3-4-10-18/h3-6,8-10,13H,7,11H2,1-2H3,(H,17,19)/t13-/m1/s1. The van der Waals surface area contributed by atoms with E-state index in [0.717, 1.165) is 12.2 Å². The number of carbonyl (C=O) groups excluding carboxylic acids is 1. The van der Waals surface area contributed by atoms with Crippen molar-refractivity contribution in [1.29, 1.82) is 0 Å². The molecule has 2 aromatic rings. The van der Waals surface area contributed by atoms with Crippen LogP contribution in [0.15, 0.2) is 42.9 Å². The van der Waals surface area contributed by atoms with Gasteiger partial charge in [-0.3, -0.25) is 4.79 Å². The van der Waals surface area contributed by atoms with Crippen LogP contribution in [0.2, 0.25) is 0 Å². The second-order valence-corrected chi connectivity index (χ2v) is 5.46. The van der Waals surface area contributed by atoms with Crippen molar-refractivity contribution in [3.05, 3.63) is 42.9 Å². The maximum atomic E-state index is 12.6. The van der Waals surface area contributed by atoms with Gasteiger partial charge in [0.2, 0.25) is 11.8 Å². The molecule has 0 fully saturated rings. The first-order chi connectivity index (χ1) is 10.3. The number of methoxy groups -OCH3 is 1. The Labute approximate surface area is 128 Å². The van der Waals surface area contributed by atoms with Crippen LogP contribution in [0.3, 0.4) is 0 Å². The largest absolute Gasteiger partial charge is 0.480 e. The molecule has 1 amide bonds. The van der Waals surface area contributed by atoms with E-state index in [1.54, 1.807) is 30.1 Å². The number of ether oxygens (including phenoxy) is 1.